The third kappa shape index (κ3) is 2.06. The smallest absolute Gasteiger partial charge is 0.246 e. The predicted molar refractivity (Wildman–Crippen MR) is 70.9 cm³/mol. The molecule has 3 nitrogen and oxygen atoms in total. The molecule has 1 aliphatic rings. The van der Waals surface area contributed by atoms with Gasteiger partial charge in [-0.2, -0.15) is 0 Å². The Bertz CT molecular complexity index is 443. The molecule has 0 aliphatic heterocycles. The molecule has 1 aliphatic carbocycles. The van der Waals surface area contributed by atoms with Gasteiger partial charge in [0.25, 0.3) is 0 Å². The van der Waals surface area contributed by atoms with Crippen molar-refractivity contribution in [1.29, 1.82) is 0 Å². The van der Waals surface area contributed by atoms with Gasteiger partial charge < -0.3 is 10.0 Å². The quantitative estimate of drug-likeness (QED) is 0.828. The summed E-state index contributed by atoms with van der Waals surface area (Å²) < 4.78 is 0. The largest absolute Gasteiger partial charge is 0.383 e. The van der Waals surface area contributed by atoms with E-state index < -0.39 is 5.60 Å². The number of hydrogen-bond donors (Lipinski definition) is 1. The highest BCUT2D eigenvalue weighted by Gasteiger charge is 2.45. The molecular weight excluding hydrogens is 226 g/mol. The first kappa shape index (κ1) is 12.8. The van der Waals surface area contributed by atoms with Crippen LogP contribution >= 0.6 is 0 Å². The van der Waals surface area contributed by atoms with Crippen LogP contribution < -0.4 is 0 Å². The highest BCUT2D eigenvalue weighted by molar-refractivity contribution is 5.87. The maximum atomic E-state index is 11.7. The standard InChI is InChI=1S/C15H19NO2/c1-3-14(17)16(2)13-10-7-11-15(13,18)12-8-5-4-6-9-12/h3-6,8-9,13,18H,1,7,10-11H2,2H3/t13-,15+/m1/s1. The fourth-order valence-electron chi connectivity index (χ4n) is 2.85. The van der Waals surface area contributed by atoms with Gasteiger partial charge in [-0.25, -0.2) is 0 Å². The Morgan fingerprint density at radius 2 is 2.17 bits per heavy atom. The molecule has 0 aromatic heterocycles. The fourth-order valence-corrected chi connectivity index (χ4v) is 2.85. The summed E-state index contributed by atoms with van der Waals surface area (Å²) in [5, 5.41) is 10.9. The molecular formula is C15H19NO2. The van der Waals surface area contributed by atoms with Crippen molar-refractivity contribution in [3.63, 3.8) is 0 Å². The van der Waals surface area contributed by atoms with Crippen LogP contribution in [0.4, 0.5) is 0 Å². The van der Waals surface area contributed by atoms with E-state index in [1.54, 1.807) is 11.9 Å². The SMILES string of the molecule is C=CC(=O)N(C)[C@@H]1CCC[C@]1(O)c1ccccc1. The van der Waals surface area contributed by atoms with Crippen molar-refractivity contribution in [2.45, 2.75) is 30.9 Å². The van der Waals surface area contributed by atoms with Crippen molar-refractivity contribution in [2.24, 2.45) is 0 Å². The molecule has 1 fully saturated rings. The third-order valence-electron chi connectivity index (χ3n) is 3.85. The Balaban J connectivity index is 2.32. The summed E-state index contributed by atoms with van der Waals surface area (Å²) in [5.74, 6) is -0.142. The molecule has 1 N–H and O–H groups in total. The first-order valence-electron chi connectivity index (χ1n) is 6.26. The number of amides is 1. The van der Waals surface area contributed by atoms with Gasteiger partial charge in [0.05, 0.1) is 6.04 Å². The number of carbonyl (C=O) groups excluding carboxylic acids is 1. The van der Waals surface area contributed by atoms with E-state index >= 15 is 0 Å². The van der Waals surface area contributed by atoms with Gasteiger partial charge in [0.15, 0.2) is 0 Å². The summed E-state index contributed by atoms with van der Waals surface area (Å²) >= 11 is 0. The zero-order valence-electron chi connectivity index (χ0n) is 10.7. The summed E-state index contributed by atoms with van der Waals surface area (Å²) in [7, 11) is 1.73. The second-order valence-electron chi connectivity index (χ2n) is 4.85. The van der Waals surface area contributed by atoms with Gasteiger partial charge in [0.2, 0.25) is 5.91 Å². The van der Waals surface area contributed by atoms with Gasteiger partial charge in [-0.15, -0.1) is 0 Å². The van der Waals surface area contributed by atoms with Gasteiger partial charge in [-0.3, -0.25) is 4.79 Å². The van der Waals surface area contributed by atoms with Gasteiger partial charge >= 0.3 is 0 Å². The number of hydrogen-bond acceptors (Lipinski definition) is 2. The molecule has 0 bridgehead atoms. The number of likely N-dealkylation sites (N-methyl/N-ethyl adjacent to an activating group) is 1. The summed E-state index contributed by atoms with van der Waals surface area (Å²) in [6.07, 6.45) is 3.73. The van der Waals surface area contributed by atoms with E-state index in [0.29, 0.717) is 6.42 Å². The predicted octanol–water partition coefficient (Wildman–Crippen LogP) is 2.07. The maximum absolute atomic E-state index is 11.7. The van der Waals surface area contributed by atoms with Crippen molar-refractivity contribution in [3.8, 4) is 0 Å². The topological polar surface area (TPSA) is 40.5 Å². The molecule has 0 heterocycles. The van der Waals surface area contributed by atoms with Crippen LogP contribution in [0, 0.1) is 0 Å². The molecule has 18 heavy (non-hydrogen) atoms. The second kappa shape index (κ2) is 4.94. The molecule has 3 heteroatoms. The second-order valence-corrected chi connectivity index (χ2v) is 4.85. The van der Waals surface area contributed by atoms with E-state index in [9.17, 15) is 9.90 Å². The Labute approximate surface area is 108 Å². The minimum Gasteiger partial charge on any atom is -0.383 e. The minimum absolute atomic E-state index is 0.142. The van der Waals surface area contributed by atoms with Crippen molar-refractivity contribution in [3.05, 3.63) is 48.6 Å². The third-order valence-corrected chi connectivity index (χ3v) is 3.85. The van der Waals surface area contributed by atoms with Crippen molar-refractivity contribution in [1.82, 2.24) is 4.90 Å². The number of benzene rings is 1. The van der Waals surface area contributed by atoms with Gasteiger partial charge in [0, 0.05) is 7.05 Å². The molecule has 2 atom stereocenters. The highest BCUT2D eigenvalue weighted by Crippen LogP contribution is 2.41. The van der Waals surface area contributed by atoms with Crippen LogP contribution in [0.2, 0.25) is 0 Å². The normalized spacial score (nSPS) is 26.9. The van der Waals surface area contributed by atoms with Crippen LogP contribution in [0.1, 0.15) is 24.8 Å². The minimum atomic E-state index is -0.936. The van der Waals surface area contributed by atoms with Crippen molar-refractivity contribution in [2.75, 3.05) is 7.05 Å². The molecule has 2 rings (SSSR count). The zero-order chi connectivity index (χ0) is 13.2. The monoisotopic (exact) mass is 245 g/mol. The summed E-state index contributed by atoms with van der Waals surface area (Å²) in [4.78, 5) is 13.3. The van der Waals surface area contributed by atoms with Crippen LogP contribution in [0.3, 0.4) is 0 Å². The first-order chi connectivity index (χ1) is 8.59. The molecule has 0 unspecified atom stereocenters. The molecule has 1 saturated carbocycles. The van der Waals surface area contributed by atoms with E-state index in [1.165, 1.54) is 6.08 Å². The molecule has 1 aromatic carbocycles. The summed E-state index contributed by atoms with van der Waals surface area (Å²) in [6, 6.07) is 9.42. The highest BCUT2D eigenvalue weighted by atomic mass is 16.3. The number of nitrogens with zero attached hydrogens (tertiary/aromatic N) is 1. The van der Waals surface area contributed by atoms with Gasteiger partial charge in [-0.1, -0.05) is 36.9 Å². The average molecular weight is 245 g/mol. The maximum Gasteiger partial charge on any atom is 0.246 e. The van der Waals surface area contributed by atoms with Crippen LogP contribution in [0.5, 0.6) is 0 Å². The Morgan fingerprint density at radius 3 is 2.78 bits per heavy atom. The lowest BCUT2D eigenvalue weighted by molar-refractivity contribution is -0.132. The lowest BCUT2D eigenvalue weighted by Gasteiger charge is -2.36. The molecule has 96 valence electrons. The number of carbonyl (C=O) groups is 1. The van der Waals surface area contributed by atoms with Crippen LogP contribution in [0.25, 0.3) is 0 Å². The lowest BCUT2D eigenvalue weighted by atomic mass is 9.88. The first-order valence-corrected chi connectivity index (χ1v) is 6.26. The lowest BCUT2D eigenvalue weighted by Crippen LogP contribution is -2.47. The average Bonchev–Trinajstić information content (AvgIpc) is 2.81. The molecule has 0 saturated heterocycles. The van der Waals surface area contributed by atoms with Crippen molar-refractivity contribution < 1.29 is 9.90 Å². The molecule has 1 aromatic rings. The van der Waals surface area contributed by atoms with Crippen molar-refractivity contribution >= 4 is 5.91 Å². The van der Waals surface area contributed by atoms with E-state index in [2.05, 4.69) is 6.58 Å². The Kier molecular flexibility index (Phi) is 3.53. The Hall–Kier alpha value is -1.61. The molecule has 0 spiro atoms. The van der Waals surface area contributed by atoms with Gasteiger partial charge in [0.1, 0.15) is 5.60 Å². The van der Waals surface area contributed by atoms with Gasteiger partial charge in [-0.05, 0) is 30.9 Å². The number of aliphatic hydroxyl groups is 1. The fraction of sp³-hybridized carbons (Fsp3) is 0.400. The van der Waals surface area contributed by atoms with E-state index in [-0.39, 0.29) is 11.9 Å². The summed E-state index contributed by atoms with van der Waals surface area (Å²) in [5.41, 5.74) is -0.0505. The Morgan fingerprint density at radius 1 is 1.50 bits per heavy atom. The molecule has 1 amide bonds. The van der Waals surface area contributed by atoms with Crippen LogP contribution in [-0.2, 0) is 10.4 Å². The zero-order valence-corrected chi connectivity index (χ0v) is 10.7. The van der Waals surface area contributed by atoms with Crippen LogP contribution in [0.15, 0.2) is 43.0 Å². The van der Waals surface area contributed by atoms with Crippen LogP contribution in [-0.4, -0.2) is 29.0 Å². The van der Waals surface area contributed by atoms with E-state index in [1.807, 2.05) is 30.3 Å². The summed E-state index contributed by atoms with van der Waals surface area (Å²) in [6.45, 7) is 3.50. The van der Waals surface area contributed by atoms with E-state index in [0.717, 1.165) is 18.4 Å². The van der Waals surface area contributed by atoms with E-state index in [4.69, 9.17) is 0 Å². The number of rotatable bonds is 3. The molecule has 0 radical (unpaired) electrons.